The van der Waals surface area contributed by atoms with E-state index in [0.717, 1.165) is 21.8 Å². The Morgan fingerprint density at radius 2 is 1.65 bits per heavy atom. The van der Waals surface area contributed by atoms with E-state index in [-0.39, 0.29) is 11.8 Å². The first-order valence-electron chi connectivity index (χ1n) is 9.59. The van der Waals surface area contributed by atoms with E-state index in [1.165, 1.54) is 18.3 Å². The van der Waals surface area contributed by atoms with Gasteiger partial charge in [-0.05, 0) is 42.5 Å². The minimum absolute atomic E-state index is 0.167. The van der Waals surface area contributed by atoms with Crippen molar-refractivity contribution in [3.63, 3.8) is 0 Å². The highest BCUT2D eigenvalue weighted by Gasteiger charge is 2.12. The summed E-state index contributed by atoms with van der Waals surface area (Å²) >= 11 is 1.53. The van der Waals surface area contributed by atoms with Crippen LogP contribution in [0.3, 0.4) is 0 Å². The minimum Gasteiger partial charge on any atom is -0.397 e. The van der Waals surface area contributed by atoms with Gasteiger partial charge in [-0.25, -0.2) is 4.98 Å². The smallest absolute Gasteiger partial charge is 0.255 e. The average molecular weight is 429 g/mol. The number of nitrogens with two attached hydrogens (primary N) is 1. The highest BCUT2D eigenvalue weighted by Crippen LogP contribution is 2.32. The van der Waals surface area contributed by atoms with Crippen LogP contribution in [0.1, 0.15) is 17.3 Å². The molecule has 3 aromatic carbocycles. The molecule has 154 valence electrons. The molecule has 6 nitrogen and oxygen atoms in total. The Morgan fingerprint density at radius 1 is 0.903 bits per heavy atom. The molecule has 0 aliphatic carbocycles. The zero-order chi connectivity index (χ0) is 21.8. The van der Waals surface area contributed by atoms with Crippen LogP contribution in [0.25, 0.3) is 21.8 Å². The number of anilines is 3. The summed E-state index contributed by atoms with van der Waals surface area (Å²) in [5.41, 5.74) is 11.0. The first kappa shape index (κ1) is 20.3. The lowest BCUT2D eigenvalue weighted by molar-refractivity contribution is -0.114. The molecule has 1 heterocycles. The Bertz CT molecular complexity index is 1230. The van der Waals surface area contributed by atoms with Gasteiger partial charge in [-0.2, -0.15) is 0 Å². The first-order valence-corrected chi connectivity index (χ1v) is 10.5. The largest absolute Gasteiger partial charge is 0.397 e. The molecule has 7 heteroatoms. The summed E-state index contributed by atoms with van der Waals surface area (Å²) in [6, 6.07) is 22.1. The summed E-state index contributed by atoms with van der Waals surface area (Å²) in [4.78, 5) is 28.5. The highest BCUT2D eigenvalue weighted by molar-refractivity contribution is 7.13. The Balaban J connectivity index is 1.54. The number of benzene rings is 3. The molecule has 1 aromatic heterocycles. The van der Waals surface area contributed by atoms with Gasteiger partial charge in [-0.1, -0.05) is 30.3 Å². The lowest BCUT2D eigenvalue weighted by atomic mass is 10.1. The maximum Gasteiger partial charge on any atom is 0.255 e. The van der Waals surface area contributed by atoms with E-state index in [9.17, 15) is 9.59 Å². The number of carbonyl (C=O) groups excluding carboxylic acids is 2. The molecule has 4 N–H and O–H groups in total. The summed E-state index contributed by atoms with van der Waals surface area (Å²) < 4.78 is 0. The van der Waals surface area contributed by atoms with Gasteiger partial charge >= 0.3 is 0 Å². The zero-order valence-electron chi connectivity index (χ0n) is 16.8. The Hall–Kier alpha value is -3.97. The normalized spacial score (nSPS) is 10.5. The molecule has 0 atom stereocenters. The second kappa shape index (κ2) is 8.81. The summed E-state index contributed by atoms with van der Waals surface area (Å²) in [5, 5.41) is 8.39. The molecule has 0 fully saturated rings. The fraction of sp³-hybridized carbons (Fsp3) is 0.0417. The molecule has 0 saturated carbocycles. The highest BCUT2D eigenvalue weighted by atomic mass is 32.1. The molecule has 0 unspecified atom stereocenters. The summed E-state index contributed by atoms with van der Waals surface area (Å²) in [5.74, 6) is -0.457. The van der Waals surface area contributed by atoms with Gasteiger partial charge in [-0.15, -0.1) is 11.3 Å². The molecule has 0 bridgehead atoms. The number of aromatic nitrogens is 1. The van der Waals surface area contributed by atoms with Gasteiger partial charge in [0.2, 0.25) is 5.91 Å². The van der Waals surface area contributed by atoms with Crippen molar-refractivity contribution < 1.29 is 9.59 Å². The molecule has 4 aromatic rings. The maximum absolute atomic E-state index is 12.7. The van der Waals surface area contributed by atoms with Gasteiger partial charge < -0.3 is 16.4 Å². The molecule has 31 heavy (non-hydrogen) atoms. The quantitative estimate of drug-likeness (QED) is 0.377. The third-order valence-corrected chi connectivity index (χ3v) is 5.48. The van der Waals surface area contributed by atoms with E-state index in [4.69, 9.17) is 10.7 Å². The number of nitrogen functional groups attached to an aromatic ring is 1. The summed E-state index contributed by atoms with van der Waals surface area (Å²) in [7, 11) is 0. The standard InChI is InChI=1S/C24H20N4O2S/c1-15(29)26-19-10-7-17(8-11-19)23(30)27-21-13-18(9-12-20(21)25)24-28-22(14-31-24)16-5-3-2-4-6-16/h2-14H,25H2,1H3,(H,26,29)(H,27,30). The average Bonchev–Trinajstić information content (AvgIpc) is 3.26. The molecular formula is C24H20N4O2S. The number of carbonyl (C=O) groups is 2. The zero-order valence-corrected chi connectivity index (χ0v) is 17.6. The summed E-state index contributed by atoms with van der Waals surface area (Å²) in [6.45, 7) is 1.43. The van der Waals surface area contributed by atoms with Gasteiger partial charge in [0.05, 0.1) is 17.1 Å². The van der Waals surface area contributed by atoms with Crippen molar-refractivity contribution >= 4 is 40.2 Å². The number of thiazole rings is 1. The summed E-state index contributed by atoms with van der Waals surface area (Å²) in [6.07, 6.45) is 0. The van der Waals surface area contributed by atoms with E-state index in [1.54, 1.807) is 30.3 Å². The van der Waals surface area contributed by atoms with Crippen LogP contribution in [0.4, 0.5) is 17.1 Å². The van der Waals surface area contributed by atoms with Crippen LogP contribution in [-0.4, -0.2) is 16.8 Å². The Morgan fingerprint density at radius 3 is 2.35 bits per heavy atom. The lowest BCUT2D eigenvalue weighted by Crippen LogP contribution is -2.13. The number of hydrogen-bond acceptors (Lipinski definition) is 5. The number of rotatable bonds is 5. The van der Waals surface area contributed by atoms with E-state index in [1.807, 2.05) is 47.8 Å². The van der Waals surface area contributed by atoms with Crippen molar-refractivity contribution in [2.45, 2.75) is 6.92 Å². The van der Waals surface area contributed by atoms with Gasteiger partial charge in [0.25, 0.3) is 5.91 Å². The Labute approximate surface area is 183 Å². The van der Waals surface area contributed by atoms with Crippen molar-refractivity contribution in [1.29, 1.82) is 0 Å². The molecule has 0 saturated heterocycles. The van der Waals surface area contributed by atoms with E-state index in [2.05, 4.69) is 10.6 Å². The van der Waals surface area contributed by atoms with Crippen LogP contribution >= 0.6 is 11.3 Å². The van der Waals surface area contributed by atoms with Gasteiger partial charge in [0, 0.05) is 34.7 Å². The maximum atomic E-state index is 12.7. The molecule has 0 radical (unpaired) electrons. The van der Waals surface area contributed by atoms with Crippen molar-refractivity contribution in [1.82, 2.24) is 4.98 Å². The second-order valence-corrected chi connectivity index (χ2v) is 7.78. The van der Waals surface area contributed by atoms with Crippen molar-refractivity contribution in [2.24, 2.45) is 0 Å². The molecule has 0 spiro atoms. The third kappa shape index (κ3) is 4.79. The number of hydrogen-bond donors (Lipinski definition) is 3. The first-order chi connectivity index (χ1) is 15.0. The van der Waals surface area contributed by atoms with Crippen LogP contribution in [0.5, 0.6) is 0 Å². The predicted octanol–water partition coefficient (Wildman–Crippen LogP) is 5.27. The van der Waals surface area contributed by atoms with Gasteiger partial charge in [0.1, 0.15) is 5.01 Å². The number of amides is 2. The lowest BCUT2D eigenvalue weighted by Gasteiger charge is -2.10. The molecule has 4 rings (SSSR count). The third-order valence-electron chi connectivity index (χ3n) is 4.59. The molecule has 0 aliphatic heterocycles. The van der Waals surface area contributed by atoms with Crippen LogP contribution in [0.2, 0.25) is 0 Å². The van der Waals surface area contributed by atoms with E-state index in [0.29, 0.717) is 22.6 Å². The fourth-order valence-corrected chi connectivity index (χ4v) is 3.87. The minimum atomic E-state index is -0.290. The molecule has 0 aliphatic rings. The molecule has 2 amide bonds. The van der Waals surface area contributed by atoms with Crippen molar-refractivity contribution in [3.8, 4) is 21.8 Å². The van der Waals surface area contributed by atoms with Crippen LogP contribution in [0.15, 0.2) is 78.2 Å². The van der Waals surface area contributed by atoms with Crippen LogP contribution in [-0.2, 0) is 4.79 Å². The van der Waals surface area contributed by atoms with E-state index >= 15 is 0 Å². The topological polar surface area (TPSA) is 97.1 Å². The SMILES string of the molecule is CC(=O)Nc1ccc(C(=O)Nc2cc(-c3nc(-c4ccccc4)cs3)ccc2N)cc1. The van der Waals surface area contributed by atoms with Crippen molar-refractivity contribution in [2.75, 3.05) is 16.4 Å². The predicted molar refractivity (Wildman–Crippen MR) is 126 cm³/mol. The fourth-order valence-electron chi connectivity index (χ4n) is 3.05. The van der Waals surface area contributed by atoms with Gasteiger partial charge in [-0.3, -0.25) is 9.59 Å². The monoisotopic (exact) mass is 428 g/mol. The van der Waals surface area contributed by atoms with Crippen molar-refractivity contribution in [3.05, 3.63) is 83.7 Å². The molecular weight excluding hydrogens is 408 g/mol. The van der Waals surface area contributed by atoms with Gasteiger partial charge in [0.15, 0.2) is 0 Å². The number of nitrogens with zero attached hydrogens (tertiary/aromatic N) is 1. The van der Waals surface area contributed by atoms with Crippen LogP contribution < -0.4 is 16.4 Å². The number of nitrogens with one attached hydrogen (secondary N) is 2. The van der Waals surface area contributed by atoms with Crippen LogP contribution in [0, 0.1) is 0 Å². The Kier molecular flexibility index (Phi) is 5.77. The van der Waals surface area contributed by atoms with E-state index < -0.39 is 0 Å². The second-order valence-electron chi connectivity index (χ2n) is 6.92.